The Balaban J connectivity index is 1.76. The molecule has 2 atom stereocenters. The molecule has 2 N–H and O–H groups in total. The summed E-state index contributed by atoms with van der Waals surface area (Å²) in [5.41, 5.74) is 7.22. The van der Waals surface area contributed by atoms with Gasteiger partial charge in [0.2, 0.25) is 5.91 Å². The Morgan fingerprint density at radius 1 is 1.35 bits per heavy atom. The maximum atomic E-state index is 12.4. The van der Waals surface area contributed by atoms with Crippen molar-refractivity contribution in [1.82, 2.24) is 4.98 Å². The van der Waals surface area contributed by atoms with E-state index in [-0.39, 0.29) is 24.1 Å². The number of benzene rings is 1. The summed E-state index contributed by atoms with van der Waals surface area (Å²) in [6.45, 7) is 2.01. The average Bonchev–Trinajstić information content (AvgIpc) is 2.64. The highest BCUT2D eigenvalue weighted by Gasteiger charge is 2.37. The van der Waals surface area contributed by atoms with Crippen LogP contribution in [0.4, 0.5) is 5.69 Å². The average molecular weight is 355 g/mol. The number of rotatable bonds is 6. The molecule has 26 heavy (non-hydrogen) atoms. The predicted molar refractivity (Wildman–Crippen MR) is 95.8 cm³/mol. The second-order valence-corrected chi connectivity index (χ2v) is 6.22. The number of carbonyl (C=O) groups excluding carboxylic acids is 2. The van der Waals surface area contributed by atoms with Gasteiger partial charge in [-0.3, -0.25) is 24.5 Å². The topological polar surface area (TPSA) is 94.7 Å². The number of primary amides is 1. The Hall–Kier alpha value is -2.93. The van der Waals surface area contributed by atoms with E-state index < -0.39 is 11.8 Å². The van der Waals surface area contributed by atoms with Gasteiger partial charge in [-0.2, -0.15) is 0 Å². The molecule has 0 spiro atoms. The van der Waals surface area contributed by atoms with E-state index in [1.54, 1.807) is 24.3 Å². The number of amides is 1. The molecule has 7 nitrogen and oxygen atoms in total. The monoisotopic (exact) mass is 355 g/mol. The first-order valence-electron chi connectivity index (χ1n) is 8.35. The van der Waals surface area contributed by atoms with E-state index in [4.69, 9.17) is 15.3 Å². The number of carbonyl (C=O) groups is 2. The third-order valence-electron chi connectivity index (χ3n) is 4.29. The third kappa shape index (κ3) is 3.67. The first-order valence-corrected chi connectivity index (χ1v) is 8.35. The van der Waals surface area contributed by atoms with Gasteiger partial charge in [0, 0.05) is 12.6 Å². The van der Waals surface area contributed by atoms with Crippen LogP contribution in [0.25, 0.3) is 0 Å². The van der Waals surface area contributed by atoms with Gasteiger partial charge in [-0.25, -0.2) is 0 Å². The Kier molecular flexibility index (Phi) is 5.18. The standard InChI is InChI=1S/C19H21N3O4/c1-12(10-13-5-7-14(25-2)8-6-13)26-22-11-15(19(20)24)18(23)17-16(22)4-3-9-21-17/h3-9,12,15H,10-11H2,1-2H3,(H2,20,24). The fourth-order valence-corrected chi connectivity index (χ4v) is 2.97. The molecule has 1 aliphatic rings. The normalized spacial score (nSPS) is 17.5. The number of Topliss-reactive ketones (excluding diaryl/α,β-unsaturated/α-hetero) is 1. The van der Waals surface area contributed by atoms with Crippen molar-refractivity contribution in [3.8, 4) is 5.75 Å². The van der Waals surface area contributed by atoms with Crippen LogP contribution in [0.2, 0.25) is 0 Å². The van der Waals surface area contributed by atoms with Crippen molar-refractivity contribution in [3.05, 3.63) is 53.9 Å². The van der Waals surface area contributed by atoms with Gasteiger partial charge in [0.1, 0.15) is 17.4 Å². The molecular formula is C19H21N3O4. The molecule has 0 saturated carbocycles. The van der Waals surface area contributed by atoms with Gasteiger partial charge in [-0.1, -0.05) is 12.1 Å². The zero-order chi connectivity index (χ0) is 18.7. The largest absolute Gasteiger partial charge is 0.497 e. The van der Waals surface area contributed by atoms with E-state index >= 15 is 0 Å². The molecule has 2 unspecified atom stereocenters. The molecule has 1 amide bonds. The number of hydrogen-bond donors (Lipinski definition) is 1. The molecular weight excluding hydrogens is 334 g/mol. The molecule has 0 radical (unpaired) electrons. The number of anilines is 1. The highest BCUT2D eigenvalue weighted by molar-refractivity contribution is 6.13. The van der Waals surface area contributed by atoms with Gasteiger partial charge in [0.15, 0.2) is 5.78 Å². The molecule has 1 aromatic carbocycles. The summed E-state index contributed by atoms with van der Waals surface area (Å²) >= 11 is 0. The number of aromatic nitrogens is 1. The summed E-state index contributed by atoms with van der Waals surface area (Å²) in [5, 5.41) is 1.55. The number of methoxy groups -OCH3 is 1. The van der Waals surface area contributed by atoms with Crippen molar-refractivity contribution in [2.45, 2.75) is 19.4 Å². The first-order chi connectivity index (χ1) is 12.5. The maximum Gasteiger partial charge on any atom is 0.230 e. The van der Waals surface area contributed by atoms with Gasteiger partial charge in [-0.15, -0.1) is 0 Å². The van der Waals surface area contributed by atoms with Crippen molar-refractivity contribution in [1.29, 1.82) is 0 Å². The van der Waals surface area contributed by atoms with Crippen molar-refractivity contribution >= 4 is 17.4 Å². The van der Waals surface area contributed by atoms with Crippen molar-refractivity contribution in [2.75, 3.05) is 18.7 Å². The molecule has 1 aliphatic heterocycles. The lowest BCUT2D eigenvalue weighted by molar-refractivity contribution is -0.120. The van der Waals surface area contributed by atoms with Crippen LogP contribution in [-0.2, 0) is 16.1 Å². The molecule has 0 fully saturated rings. The molecule has 0 saturated heterocycles. The highest BCUT2D eigenvalue weighted by atomic mass is 16.7. The minimum Gasteiger partial charge on any atom is -0.497 e. The van der Waals surface area contributed by atoms with Crippen LogP contribution in [0.15, 0.2) is 42.6 Å². The summed E-state index contributed by atoms with van der Waals surface area (Å²) in [6, 6.07) is 11.2. The molecule has 0 aliphatic carbocycles. The first kappa shape index (κ1) is 17.9. The van der Waals surface area contributed by atoms with Crippen LogP contribution in [0.3, 0.4) is 0 Å². The van der Waals surface area contributed by atoms with E-state index in [2.05, 4.69) is 4.98 Å². The van der Waals surface area contributed by atoms with Gasteiger partial charge in [0.05, 0.1) is 25.4 Å². The summed E-state index contributed by atoms with van der Waals surface area (Å²) in [6.07, 6.45) is 1.99. The van der Waals surface area contributed by atoms with Gasteiger partial charge in [-0.05, 0) is 36.8 Å². The molecule has 136 valence electrons. The highest BCUT2D eigenvalue weighted by Crippen LogP contribution is 2.29. The fraction of sp³-hybridized carbons (Fsp3) is 0.316. The van der Waals surface area contributed by atoms with Crippen LogP contribution in [-0.4, -0.2) is 36.4 Å². The number of pyridine rings is 1. The van der Waals surface area contributed by atoms with E-state index in [1.165, 1.54) is 6.20 Å². The fourth-order valence-electron chi connectivity index (χ4n) is 2.97. The van der Waals surface area contributed by atoms with Crippen LogP contribution in [0, 0.1) is 5.92 Å². The molecule has 0 bridgehead atoms. The minimum atomic E-state index is -0.967. The Bertz CT molecular complexity index is 807. The number of fused-ring (bicyclic) bond motifs is 1. The second-order valence-electron chi connectivity index (χ2n) is 6.22. The van der Waals surface area contributed by atoms with Gasteiger partial charge >= 0.3 is 0 Å². The summed E-state index contributed by atoms with van der Waals surface area (Å²) < 4.78 is 5.16. The summed E-state index contributed by atoms with van der Waals surface area (Å²) in [4.78, 5) is 34.1. The number of hydroxylamine groups is 1. The van der Waals surface area contributed by atoms with Gasteiger partial charge in [0.25, 0.3) is 0 Å². The number of nitrogens with two attached hydrogens (primary N) is 1. The molecule has 7 heteroatoms. The zero-order valence-corrected chi connectivity index (χ0v) is 14.7. The van der Waals surface area contributed by atoms with Crippen molar-refractivity contribution in [2.24, 2.45) is 11.7 Å². The molecule has 2 heterocycles. The lowest BCUT2D eigenvalue weighted by Crippen LogP contribution is -2.46. The smallest absolute Gasteiger partial charge is 0.230 e. The van der Waals surface area contributed by atoms with Crippen LogP contribution >= 0.6 is 0 Å². The number of nitrogens with zero attached hydrogens (tertiary/aromatic N) is 2. The number of hydrogen-bond acceptors (Lipinski definition) is 6. The SMILES string of the molecule is COc1ccc(CC(C)ON2CC(C(N)=O)C(=O)c3ncccc32)cc1. The Labute approximate surface area is 151 Å². The second kappa shape index (κ2) is 7.53. The number of ketones is 1. The lowest BCUT2D eigenvalue weighted by atomic mass is 9.95. The van der Waals surface area contributed by atoms with Crippen molar-refractivity contribution in [3.63, 3.8) is 0 Å². The third-order valence-corrected chi connectivity index (χ3v) is 4.29. The lowest BCUT2D eigenvalue weighted by Gasteiger charge is -2.34. The quantitative estimate of drug-likeness (QED) is 0.794. The summed E-state index contributed by atoms with van der Waals surface area (Å²) in [7, 11) is 1.62. The Morgan fingerprint density at radius 3 is 2.73 bits per heavy atom. The van der Waals surface area contributed by atoms with E-state index in [0.29, 0.717) is 12.1 Å². The van der Waals surface area contributed by atoms with E-state index in [1.807, 2.05) is 31.2 Å². The van der Waals surface area contributed by atoms with Crippen LogP contribution in [0.5, 0.6) is 5.75 Å². The van der Waals surface area contributed by atoms with E-state index in [0.717, 1.165) is 11.3 Å². The number of ether oxygens (including phenoxy) is 1. The van der Waals surface area contributed by atoms with Crippen LogP contribution in [0.1, 0.15) is 23.0 Å². The van der Waals surface area contributed by atoms with Gasteiger partial charge < -0.3 is 10.5 Å². The minimum absolute atomic E-state index is 0.0831. The Morgan fingerprint density at radius 2 is 2.08 bits per heavy atom. The van der Waals surface area contributed by atoms with E-state index in [9.17, 15) is 9.59 Å². The van der Waals surface area contributed by atoms with Crippen molar-refractivity contribution < 1.29 is 19.2 Å². The molecule has 3 rings (SSSR count). The zero-order valence-electron chi connectivity index (χ0n) is 14.7. The maximum absolute atomic E-state index is 12.4. The molecule has 1 aromatic heterocycles. The summed E-state index contributed by atoms with van der Waals surface area (Å²) in [5.74, 6) is -1.22. The molecule has 2 aromatic rings. The van der Waals surface area contributed by atoms with Crippen LogP contribution < -0.4 is 15.5 Å². The predicted octanol–water partition coefficient (Wildman–Crippen LogP) is 1.76.